The van der Waals surface area contributed by atoms with E-state index < -0.39 is 35.6 Å². The third-order valence-corrected chi connectivity index (χ3v) is 9.47. The highest BCUT2D eigenvalue weighted by Gasteiger charge is 2.41. The van der Waals surface area contributed by atoms with Gasteiger partial charge in [0, 0.05) is 25.2 Å². The van der Waals surface area contributed by atoms with Crippen LogP contribution in [0.1, 0.15) is 108 Å². The first-order chi connectivity index (χ1) is 21.8. The van der Waals surface area contributed by atoms with Crippen molar-refractivity contribution in [1.29, 1.82) is 0 Å². The van der Waals surface area contributed by atoms with E-state index in [2.05, 4.69) is 29.4 Å². The van der Waals surface area contributed by atoms with Crippen LogP contribution in [0.4, 0.5) is 0 Å². The molecule has 2 aliphatic rings. The fraction of sp³-hybridized carbons (Fsp3) is 0.806. The first-order valence-corrected chi connectivity index (χ1v) is 17.5. The van der Waals surface area contributed by atoms with Crippen molar-refractivity contribution in [3.63, 3.8) is 0 Å². The molecule has 1 unspecified atom stereocenters. The molecule has 0 aromatic rings. The Morgan fingerprint density at radius 3 is 2.02 bits per heavy atom. The summed E-state index contributed by atoms with van der Waals surface area (Å²) >= 11 is 0. The number of nitrogens with zero attached hydrogens (tertiary/aromatic N) is 3. The zero-order chi connectivity index (χ0) is 35.8. The van der Waals surface area contributed by atoms with Gasteiger partial charge in [0.15, 0.2) is 0 Å². The molecule has 2 fully saturated rings. The number of hydrogen-bond donors (Lipinski definition) is 2. The molecule has 4 amide bonds. The number of carbonyl (C=O) groups is 5. The predicted molar refractivity (Wildman–Crippen MR) is 184 cm³/mol. The summed E-state index contributed by atoms with van der Waals surface area (Å²) < 4.78 is 4.90. The van der Waals surface area contributed by atoms with Gasteiger partial charge in [-0.25, -0.2) is 4.79 Å². The van der Waals surface area contributed by atoms with Gasteiger partial charge >= 0.3 is 5.97 Å². The number of hydrogen-bond acceptors (Lipinski definition) is 7. The van der Waals surface area contributed by atoms with E-state index >= 15 is 0 Å². The molecule has 2 aliphatic heterocycles. The molecule has 0 bridgehead atoms. The smallest absolute Gasteiger partial charge is 0.328 e. The van der Waals surface area contributed by atoms with E-state index in [9.17, 15) is 24.0 Å². The van der Waals surface area contributed by atoms with Gasteiger partial charge in [-0.1, -0.05) is 61.0 Å². The molecule has 5 atom stereocenters. The number of esters is 1. The Bertz CT molecular complexity index is 1140. The maximum atomic E-state index is 14.2. The monoisotopic (exact) mass is 661 g/mol. The molecular weight excluding hydrogens is 598 g/mol. The number of likely N-dealkylation sites (N-methyl/N-ethyl adjacent to an activating group) is 1. The van der Waals surface area contributed by atoms with Gasteiger partial charge in [-0.2, -0.15) is 0 Å². The summed E-state index contributed by atoms with van der Waals surface area (Å²) in [7, 11) is 3.02. The number of methoxy groups -OCH3 is 1. The average molecular weight is 662 g/mol. The lowest BCUT2D eigenvalue weighted by atomic mass is 9.84. The molecule has 0 spiro atoms. The molecule has 11 nitrogen and oxygen atoms in total. The van der Waals surface area contributed by atoms with Gasteiger partial charge in [0.25, 0.3) is 0 Å². The van der Waals surface area contributed by atoms with E-state index in [-0.39, 0.29) is 47.5 Å². The van der Waals surface area contributed by atoms with E-state index in [1.54, 1.807) is 29.8 Å². The van der Waals surface area contributed by atoms with Gasteiger partial charge in [0.05, 0.1) is 19.2 Å². The lowest BCUT2D eigenvalue weighted by Crippen LogP contribution is -2.60. The summed E-state index contributed by atoms with van der Waals surface area (Å²) in [5, 5.41) is 5.93. The molecule has 11 heteroatoms. The summed E-state index contributed by atoms with van der Waals surface area (Å²) in [6.07, 6.45) is 6.19. The van der Waals surface area contributed by atoms with Crippen LogP contribution in [0.3, 0.4) is 0 Å². The fourth-order valence-electron chi connectivity index (χ4n) is 6.77. The highest BCUT2D eigenvalue weighted by atomic mass is 16.5. The Labute approximate surface area is 283 Å². The number of ether oxygens (including phenoxy) is 1. The molecule has 2 heterocycles. The fourth-order valence-corrected chi connectivity index (χ4v) is 6.77. The predicted octanol–water partition coefficient (Wildman–Crippen LogP) is 3.90. The molecule has 2 saturated heterocycles. The summed E-state index contributed by atoms with van der Waals surface area (Å²) in [6.45, 7) is 20.9. The van der Waals surface area contributed by atoms with Crippen LogP contribution in [0.2, 0.25) is 0 Å². The molecule has 0 aromatic heterocycles. The van der Waals surface area contributed by atoms with Crippen molar-refractivity contribution < 1.29 is 28.7 Å². The lowest BCUT2D eigenvalue weighted by molar-refractivity contribution is -0.146. The van der Waals surface area contributed by atoms with Gasteiger partial charge in [0.2, 0.25) is 23.6 Å². The van der Waals surface area contributed by atoms with E-state index in [0.29, 0.717) is 31.4 Å². The molecule has 0 radical (unpaired) electrons. The molecule has 268 valence electrons. The van der Waals surface area contributed by atoms with Crippen molar-refractivity contribution in [3.8, 4) is 0 Å². The normalized spacial score (nSPS) is 21.4. The number of piperidine rings is 1. The molecule has 2 N–H and O–H groups in total. The lowest BCUT2D eigenvalue weighted by Gasteiger charge is -2.41. The Balaban J connectivity index is 2.27. The topological polar surface area (TPSA) is 128 Å². The first kappa shape index (κ1) is 40.2. The number of amides is 4. The van der Waals surface area contributed by atoms with Crippen molar-refractivity contribution in [2.45, 2.75) is 144 Å². The Morgan fingerprint density at radius 2 is 1.49 bits per heavy atom. The van der Waals surface area contributed by atoms with Crippen molar-refractivity contribution in [3.05, 3.63) is 11.6 Å². The standard InChI is InChI=1S/C36H63N5O6/c1-22(2)20-26(35(46)47-12)37-31(42)28-17-15-19-41(28)33(44)25(7)21-29(23(3)4)39(11)34(45)30(36(8,9)10)38-32(43)27-16-13-14-18-40(27)24(5)6/h21-24,26-30H,13-20H2,1-12H3,(H,37,42)(H,38,43)/b25-21+/t26?,27-,28+,29-,30-/m1/s1. The second-order valence-corrected chi connectivity index (χ2v) is 15.6. The van der Waals surface area contributed by atoms with Crippen molar-refractivity contribution >= 4 is 29.6 Å². The van der Waals surface area contributed by atoms with E-state index in [1.165, 1.54) is 7.11 Å². The van der Waals surface area contributed by atoms with E-state index in [1.807, 2.05) is 48.5 Å². The van der Waals surface area contributed by atoms with Crippen molar-refractivity contribution in [2.24, 2.45) is 17.3 Å². The molecule has 2 rings (SSSR count). The van der Waals surface area contributed by atoms with Gasteiger partial charge in [-0.15, -0.1) is 0 Å². The quantitative estimate of drug-likeness (QED) is 0.226. The minimum Gasteiger partial charge on any atom is -0.467 e. The number of rotatable bonds is 13. The summed E-state index contributed by atoms with van der Waals surface area (Å²) in [6, 6.07) is -2.72. The summed E-state index contributed by atoms with van der Waals surface area (Å²) in [5.41, 5.74) is -0.122. The third-order valence-electron chi connectivity index (χ3n) is 9.47. The minimum absolute atomic E-state index is 0.0349. The zero-order valence-corrected chi connectivity index (χ0v) is 31.1. The third kappa shape index (κ3) is 10.8. The van der Waals surface area contributed by atoms with Crippen LogP contribution in [0.25, 0.3) is 0 Å². The Kier molecular flexibility index (Phi) is 14.9. The number of carbonyl (C=O) groups excluding carboxylic acids is 5. The Morgan fingerprint density at radius 1 is 0.894 bits per heavy atom. The van der Waals surface area contributed by atoms with Gasteiger partial charge in [0.1, 0.15) is 18.1 Å². The van der Waals surface area contributed by atoms with Gasteiger partial charge < -0.3 is 25.2 Å². The van der Waals surface area contributed by atoms with Crippen LogP contribution in [0.15, 0.2) is 11.6 Å². The molecule has 0 saturated carbocycles. The Hall–Kier alpha value is -2.95. The van der Waals surface area contributed by atoms with Crippen LogP contribution >= 0.6 is 0 Å². The van der Waals surface area contributed by atoms with Crippen LogP contribution < -0.4 is 10.6 Å². The largest absolute Gasteiger partial charge is 0.467 e. The SMILES string of the molecule is COC(=O)C(CC(C)C)NC(=O)[C@@H]1CCCN1C(=O)/C(C)=C/[C@H](C(C)C)N(C)C(=O)[C@@H](NC(=O)[C@H]1CCCCN1C(C)C)C(C)(C)C. The highest BCUT2D eigenvalue weighted by molar-refractivity contribution is 5.98. The maximum absolute atomic E-state index is 14.2. The average Bonchev–Trinajstić information content (AvgIpc) is 3.49. The second kappa shape index (κ2) is 17.4. The molecule has 0 aliphatic carbocycles. The van der Waals surface area contributed by atoms with Gasteiger partial charge in [-0.3, -0.25) is 24.1 Å². The van der Waals surface area contributed by atoms with Crippen LogP contribution in [-0.2, 0) is 28.7 Å². The van der Waals surface area contributed by atoms with Crippen LogP contribution in [0, 0.1) is 17.3 Å². The van der Waals surface area contributed by atoms with E-state index in [0.717, 1.165) is 25.8 Å². The highest BCUT2D eigenvalue weighted by Crippen LogP contribution is 2.27. The van der Waals surface area contributed by atoms with Crippen LogP contribution in [-0.4, -0.2) is 108 Å². The second-order valence-electron chi connectivity index (χ2n) is 15.6. The number of nitrogens with one attached hydrogen (secondary N) is 2. The first-order valence-electron chi connectivity index (χ1n) is 17.5. The minimum atomic E-state index is -0.783. The molecule has 0 aromatic carbocycles. The summed E-state index contributed by atoms with van der Waals surface area (Å²) in [4.78, 5) is 72.7. The van der Waals surface area contributed by atoms with Crippen molar-refractivity contribution in [1.82, 2.24) is 25.3 Å². The molecule has 47 heavy (non-hydrogen) atoms. The number of likely N-dealkylation sites (tertiary alicyclic amines) is 2. The zero-order valence-electron chi connectivity index (χ0n) is 31.1. The van der Waals surface area contributed by atoms with E-state index in [4.69, 9.17) is 4.74 Å². The van der Waals surface area contributed by atoms with Crippen molar-refractivity contribution in [2.75, 3.05) is 27.2 Å². The van der Waals surface area contributed by atoms with Gasteiger partial charge in [-0.05, 0) is 76.7 Å². The summed E-state index contributed by atoms with van der Waals surface area (Å²) in [5.74, 6) is -1.37. The molecular formula is C36H63N5O6. The van der Waals surface area contributed by atoms with Crippen LogP contribution in [0.5, 0.6) is 0 Å². The maximum Gasteiger partial charge on any atom is 0.328 e.